The normalized spacial score (nSPS) is 15.0. The van der Waals surface area contributed by atoms with E-state index in [1.54, 1.807) is 0 Å². The van der Waals surface area contributed by atoms with Crippen molar-refractivity contribution >= 4 is 11.3 Å². The van der Waals surface area contributed by atoms with E-state index in [2.05, 4.69) is 5.32 Å². The molecule has 2 nitrogen and oxygen atoms in total. The highest BCUT2D eigenvalue weighted by Crippen LogP contribution is 2.36. The number of rotatable bonds is 3. The second-order valence-corrected chi connectivity index (χ2v) is 5.63. The zero-order valence-corrected chi connectivity index (χ0v) is 10.7. The lowest BCUT2D eigenvalue weighted by Gasteiger charge is -2.23. The van der Waals surface area contributed by atoms with Gasteiger partial charge in [0.05, 0.1) is 11.7 Å². The molecule has 0 saturated carbocycles. The molecule has 17 heavy (non-hydrogen) atoms. The number of hydrogen-bond donors (Lipinski definition) is 2. The van der Waals surface area contributed by atoms with Gasteiger partial charge in [-0.05, 0) is 26.2 Å². The van der Waals surface area contributed by atoms with Crippen LogP contribution in [0.3, 0.4) is 0 Å². The van der Waals surface area contributed by atoms with Gasteiger partial charge in [-0.1, -0.05) is 0 Å². The largest absolute Gasteiger partial charge is 0.417 e. The molecule has 0 spiro atoms. The molecule has 0 radical (unpaired) electrons. The molecule has 1 heterocycles. The Morgan fingerprint density at radius 2 is 1.88 bits per heavy atom. The first kappa shape index (κ1) is 14.5. The van der Waals surface area contributed by atoms with Crippen LogP contribution in [0.1, 0.15) is 38.0 Å². The van der Waals surface area contributed by atoms with Crippen LogP contribution in [-0.2, 0) is 6.18 Å². The van der Waals surface area contributed by atoms with E-state index in [1.165, 1.54) is 5.38 Å². The van der Waals surface area contributed by atoms with Gasteiger partial charge in [0.1, 0.15) is 0 Å². The molecule has 2 N–H and O–H groups in total. The van der Waals surface area contributed by atoms with Gasteiger partial charge in [-0.25, -0.2) is 0 Å². The van der Waals surface area contributed by atoms with Crippen molar-refractivity contribution in [3.05, 3.63) is 21.9 Å². The van der Waals surface area contributed by atoms with Crippen LogP contribution < -0.4 is 5.32 Å². The summed E-state index contributed by atoms with van der Waals surface area (Å²) in [5.74, 6) is 0. The summed E-state index contributed by atoms with van der Waals surface area (Å²) in [5.41, 5.74) is -1.04. The van der Waals surface area contributed by atoms with Crippen molar-refractivity contribution < 1.29 is 18.3 Å². The van der Waals surface area contributed by atoms with Crippen molar-refractivity contribution in [1.82, 2.24) is 5.32 Å². The summed E-state index contributed by atoms with van der Waals surface area (Å²) in [4.78, 5) is 0. The molecule has 6 heteroatoms. The molecule has 0 aliphatic carbocycles. The van der Waals surface area contributed by atoms with Crippen LogP contribution in [0.5, 0.6) is 0 Å². The average molecular weight is 267 g/mol. The quantitative estimate of drug-likeness (QED) is 0.881. The van der Waals surface area contributed by atoms with E-state index >= 15 is 0 Å². The lowest BCUT2D eigenvalue weighted by atomic mass is 10.1. The summed E-state index contributed by atoms with van der Waals surface area (Å²) in [6.45, 7) is 5.76. The Balaban J connectivity index is 2.77. The topological polar surface area (TPSA) is 32.3 Å². The van der Waals surface area contributed by atoms with Gasteiger partial charge >= 0.3 is 6.18 Å². The average Bonchev–Trinajstić information content (AvgIpc) is 2.60. The maximum atomic E-state index is 12.6. The lowest BCUT2D eigenvalue weighted by molar-refractivity contribution is -0.138. The van der Waals surface area contributed by atoms with Gasteiger partial charge in [0, 0.05) is 23.0 Å². The van der Waals surface area contributed by atoms with Gasteiger partial charge in [-0.3, -0.25) is 0 Å². The minimum atomic E-state index is -4.40. The Morgan fingerprint density at radius 3 is 2.35 bits per heavy atom. The Labute approximate surface area is 102 Å². The Hall–Kier alpha value is -0.590. The Bertz CT molecular complexity index is 368. The number of halogens is 3. The summed E-state index contributed by atoms with van der Waals surface area (Å²) in [6, 6.07) is 0. The molecule has 98 valence electrons. The number of nitrogens with one attached hydrogen (secondary N) is 1. The first-order valence-electron chi connectivity index (χ1n) is 5.17. The van der Waals surface area contributed by atoms with Crippen LogP contribution >= 0.6 is 11.3 Å². The van der Waals surface area contributed by atoms with Crippen molar-refractivity contribution in [2.24, 2.45) is 0 Å². The summed E-state index contributed by atoms with van der Waals surface area (Å²) in [7, 11) is 0. The van der Waals surface area contributed by atoms with Crippen molar-refractivity contribution in [2.45, 2.75) is 38.6 Å². The molecule has 0 aromatic carbocycles. The van der Waals surface area contributed by atoms with Crippen LogP contribution in [-0.4, -0.2) is 17.2 Å². The van der Waals surface area contributed by atoms with Gasteiger partial charge < -0.3 is 10.4 Å². The highest BCUT2D eigenvalue weighted by Gasteiger charge is 2.35. The summed E-state index contributed by atoms with van der Waals surface area (Å²) < 4.78 is 37.8. The van der Waals surface area contributed by atoms with E-state index in [4.69, 9.17) is 0 Å². The van der Waals surface area contributed by atoms with E-state index in [0.29, 0.717) is 0 Å². The fraction of sp³-hybridized carbons (Fsp3) is 0.636. The highest BCUT2D eigenvalue weighted by atomic mass is 32.1. The molecule has 1 aromatic heterocycles. The molecule has 1 rings (SSSR count). The third-order valence-electron chi connectivity index (χ3n) is 2.18. The third-order valence-corrected chi connectivity index (χ3v) is 2.94. The number of hydrogen-bond acceptors (Lipinski definition) is 3. The molecule has 0 bridgehead atoms. The van der Waals surface area contributed by atoms with Gasteiger partial charge in [0.15, 0.2) is 0 Å². The number of β-amino-alcohol motifs (C(OH)–C–C–N with tert-alkyl or cyclic N) is 1. The Kier molecular flexibility index (Phi) is 4.22. The van der Waals surface area contributed by atoms with E-state index in [0.717, 1.165) is 16.7 Å². The molecule has 0 saturated heterocycles. The lowest BCUT2D eigenvalue weighted by Crippen LogP contribution is -2.38. The van der Waals surface area contributed by atoms with E-state index in [1.807, 2.05) is 20.8 Å². The summed E-state index contributed by atoms with van der Waals surface area (Å²) >= 11 is 0.947. The number of thiophene rings is 1. The Morgan fingerprint density at radius 1 is 1.29 bits per heavy atom. The molecule has 0 aliphatic heterocycles. The summed E-state index contributed by atoms with van der Waals surface area (Å²) in [5, 5.41) is 15.1. The van der Waals surface area contributed by atoms with Crippen LogP contribution in [0.2, 0.25) is 0 Å². The van der Waals surface area contributed by atoms with Crippen LogP contribution in [0.4, 0.5) is 13.2 Å². The molecule has 0 aliphatic rings. The maximum absolute atomic E-state index is 12.6. The van der Waals surface area contributed by atoms with Crippen molar-refractivity contribution in [3.8, 4) is 0 Å². The first-order valence-corrected chi connectivity index (χ1v) is 6.12. The number of alkyl halides is 3. The van der Waals surface area contributed by atoms with Crippen molar-refractivity contribution in [3.63, 3.8) is 0 Å². The predicted octanol–water partition coefficient (Wildman–Crippen LogP) is 3.19. The van der Waals surface area contributed by atoms with E-state index in [-0.39, 0.29) is 17.6 Å². The van der Waals surface area contributed by atoms with Crippen molar-refractivity contribution in [2.75, 3.05) is 6.54 Å². The molecule has 1 atom stereocenters. The van der Waals surface area contributed by atoms with Gasteiger partial charge in [-0.2, -0.15) is 24.5 Å². The highest BCUT2D eigenvalue weighted by molar-refractivity contribution is 7.08. The van der Waals surface area contributed by atoms with Crippen LogP contribution in [0.25, 0.3) is 0 Å². The first-order chi connectivity index (χ1) is 7.61. The number of aliphatic hydroxyl groups excluding tert-OH is 1. The molecular formula is C11H16F3NOS. The molecular weight excluding hydrogens is 251 g/mol. The number of aliphatic hydroxyl groups is 1. The van der Waals surface area contributed by atoms with Gasteiger partial charge in [0.25, 0.3) is 0 Å². The third kappa shape index (κ3) is 4.29. The zero-order valence-electron chi connectivity index (χ0n) is 9.93. The SMILES string of the molecule is CC(C)(C)NCC(O)c1cscc1C(F)(F)F. The van der Waals surface area contributed by atoms with E-state index < -0.39 is 17.8 Å². The smallest absolute Gasteiger partial charge is 0.387 e. The fourth-order valence-corrected chi connectivity index (χ4v) is 2.21. The predicted molar refractivity (Wildman–Crippen MR) is 62.0 cm³/mol. The van der Waals surface area contributed by atoms with E-state index in [9.17, 15) is 18.3 Å². The van der Waals surface area contributed by atoms with Gasteiger partial charge in [0.2, 0.25) is 0 Å². The summed E-state index contributed by atoms with van der Waals surface area (Å²) in [6.07, 6.45) is -5.55. The maximum Gasteiger partial charge on any atom is 0.417 e. The standard InChI is InChI=1S/C11H16F3NOS/c1-10(2,3)15-4-9(16)7-5-17-6-8(7)11(12,13)14/h5-6,9,15-16H,4H2,1-3H3. The molecule has 1 aromatic rings. The minimum absolute atomic E-state index is 0.0562. The second kappa shape index (κ2) is 4.96. The molecule has 1 unspecified atom stereocenters. The monoisotopic (exact) mass is 267 g/mol. The van der Waals surface area contributed by atoms with Crippen LogP contribution in [0.15, 0.2) is 10.8 Å². The zero-order chi connectivity index (χ0) is 13.3. The molecule has 0 fully saturated rings. The second-order valence-electron chi connectivity index (χ2n) is 4.89. The fourth-order valence-electron chi connectivity index (χ4n) is 1.31. The van der Waals surface area contributed by atoms with Gasteiger partial charge in [-0.15, -0.1) is 0 Å². The van der Waals surface area contributed by atoms with Crippen LogP contribution in [0, 0.1) is 0 Å². The van der Waals surface area contributed by atoms with Crippen molar-refractivity contribution in [1.29, 1.82) is 0 Å². The molecule has 0 amide bonds. The minimum Gasteiger partial charge on any atom is -0.387 e.